The minimum Gasteiger partial charge on any atom is -0.266 e. The molecule has 0 amide bonds. The molecule has 3 rings (SSSR count). The van der Waals surface area contributed by atoms with Crippen molar-refractivity contribution in [1.29, 1.82) is 5.26 Å². The van der Waals surface area contributed by atoms with E-state index in [4.69, 9.17) is 5.26 Å². The van der Waals surface area contributed by atoms with Crippen molar-refractivity contribution in [2.24, 2.45) is 0 Å². The highest BCUT2D eigenvalue weighted by atomic mass is 32.2. The quantitative estimate of drug-likeness (QED) is 0.856. The van der Waals surface area contributed by atoms with Gasteiger partial charge in [0.25, 0.3) is 10.0 Å². The van der Waals surface area contributed by atoms with Crippen molar-refractivity contribution >= 4 is 15.7 Å². The van der Waals surface area contributed by atoms with Gasteiger partial charge in [-0.2, -0.15) is 5.26 Å². The number of sulfonamides is 1. The SMILES string of the molecule is Cc1cc(S(=O)(=O)N2CCc3ccccc32)ccc1C#N. The summed E-state index contributed by atoms with van der Waals surface area (Å²) in [5.74, 6) is 0. The normalized spacial score (nSPS) is 13.8. The molecule has 1 aliphatic rings. The van der Waals surface area contributed by atoms with Crippen LogP contribution in [0.15, 0.2) is 47.4 Å². The van der Waals surface area contributed by atoms with E-state index in [9.17, 15) is 8.42 Å². The molecule has 0 N–H and O–H groups in total. The van der Waals surface area contributed by atoms with Gasteiger partial charge >= 0.3 is 0 Å². The third-order valence-corrected chi connectivity index (χ3v) is 5.56. The Kier molecular flexibility index (Phi) is 3.19. The number of hydrogen-bond donors (Lipinski definition) is 0. The first-order chi connectivity index (χ1) is 10.0. The largest absolute Gasteiger partial charge is 0.266 e. The topological polar surface area (TPSA) is 61.2 Å². The lowest BCUT2D eigenvalue weighted by atomic mass is 10.1. The fourth-order valence-corrected chi connectivity index (χ4v) is 4.20. The number of fused-ring (bicyclic) bond motifs is 1. The van der Waals surface area contributed by atoms with Crippen molar-refractivity contribution in [2.45, 2.75) is 18.2 Å². The van der Waals surface area contributed by atoms with Gasteiger partial charge in [-0.25, -0.2) is 8.42 Å². The standard InChI is InChI=1S/C16H14N2O2S/c1-12-10-15(7-6-14(12)11-17)21(19,20)18-9-8-13-4-2-3-5-16(13)18/h2-7,10H,8-9H2,1H3. The molecule has 0 unspecified atom stereocenters. The van der Waals surface area contributed by atoms with Gasteiger partial charge in [-0.1, -0.05) is 18.2 Å². The average molecular weight is 298 g/mol. The van der Waals surface area contributed by atoms with Gasteiger partial charge in [-0.05, 0) is 48.7 Å². The van der Waals surface area contributed by atoms with Crippen LogP contribution in [0.4, 0.5) is 5.69 Å². The van der Waals surface area contributed by atoms with Crippen LogP contribution in [0.1, 0.15) is 16.7 Å². The number of rotatable bonds is 2. The Morgan fingerprint density at radius 2 is 1.95 bits per heavy atom. The van der Waals surface area contributed by atoms with Crippen LogP contribution in [0.5, 0.6) is 0 Å². The van der Waals surface area contributed by atoms with Gasteiger partial charge in [0.2, 0.25) is 0 Å². The second kappa shape index (κ2) is 4.90. The van der Waals surface area contributed by atoms with Crippen LogP contribution in [0.25, 0.3) is 0 Å². The second-order valence-electron chi connectivity index (χ2n) is 5.04. The molecule has 0 spiro atoms. The number of aryl methyl sites for hydroxylation is 1. The van der Waals surface area contributed by atoms with E-state index < -0.39 is 10.0 Å². The van der Waals surface area contributed by atoms with E-state index in [-0.39, 0.29) is 4.90 Å². The minimum absolute atomic E-state index is 0.232. The van der Waals surface area contributed by atoms with Crippen molar-refractivity contribution < 1.29 is 8.42 Å². The molecule has 0 fully saturated rings. The van der Waals surface area contributed by atoms with E-state index in [1.54, 1.807) is 19.1 Å². The van der Waals surface area contributed by atoms with E-state index in [2.05, 4.69) is 6.07 Å². The molecule has 0 aromatic heterocycles. The van der Waals surface area contributed by atoms with E-state index in [1.165, 1.54) is 10.4 Å². The molecule has 2 aromatic carbocycles. The molecule has 21 heavy (non-hydrogen) atoms. The molecular formula is C16H14N2O2S. The number of anilines is 1. The van der Waals surface area contributed by atoms with E-state index >= 15 is 0 Å². The van der Waals surface area contributed by atoms with E-state index in [0.29, 0.717) is 17.7 Å². The zero-order valence-corrected chi connectivity index (χ0v) is 12.4. The zero-order chi connectivity index (χ0) is 15.0. The van der Waals surface area contributed by atoms with Gasteiger partial charge in [0.1, 0.15) is 0 Å². The maximum Gasteiger partial charge on any atom is 0.264 e. The lowest BCUT2D eigenvalue weighted by Gasteiger charge is -2.20. The first kappa shape index (κ1) is 13.7. The van der Waals surface area contributed by atoms with Gasteiger partial charge in [-0.15, -0.1) is 0 Å². The summed E-state index contributed by atoms with van der Waals surface area (Å²) in [4.78, 5) is 0.232. The smallest absolute Gasteiger partial charge is 0.264 e. The first-order valence-electron chi connectivity index (χ1n) is 6.65. The predicted octanol–water partition coefficient (Wildman–Crippen LogP) is 2.62. The van der Waals surface area contributed by atoms with Crippen LogP contribution >= 0.6 is 0 Å². The molecule has 106 valence electrons. The summed E-state index contributed by atoms with van der Waals surface area (Å²) in [6.07, 6.45) is 0.727. The summed E-state index contributed by atoms with van der Waals surface area (Å²) in [7, 11) is -3.58. The molecular weight excluding hydrogens is 284 g/mol. The molecule has 0 saturated heterocycles. The van der Waals surface area contributed by atoms with E-state index in [0.717, 1.165) is 17.7 Å². The van der Waals surface area contributed by atoms with Crippen molar-refractivity contribution in [1.82, 2.24) is 0 Å². The van der Waals surface area contributed by atoms with Crippen molar-refractivity contribution in [3.05, 3.63) is 59.2 Å². The monoisotopic (exact) mass is 298 g/mol. The third-order valence-electron chi connectivity index (χ3n) is 3.75. The highest BCUT2D eigenvalue weighted by Gasteiger charge is 2.30. The van der Waals surface area contributed by atoms with Crippen molar-refractivity contribution in [3.63, 3.8) is 0 Å². The molecule has 5 heteroatoms. The van der Waals surface area contributed by atoms with Crippen LogP contribution < -0.4 is 4.31 Å². The molecule has 0 bridgehead atoms. The van der Waals surface area contributed by atoms with Gasteiger partial charge < -0.3 is 0 Å². The van der Waals surface area contributed by atoms with Crippen LogP contribution in [0, 0.1) is 18.3 Å². The van der Waals surface area contributed by atoms with Crippen molar-refractivity contribution in [2.75, 3.05) is 10.8 Å². The number of para-hydroxylation sites is 1. The lowest BCUT2D eigenvalue weighted by Crippen LogP contribution is -2.29. The molecule has 0 radical (unpaired) electrons. The maximum atomic E-state index is 12.8. The lowest BCUT2D eigenvalue weighted by molar-refractivity contribution is 0.592. The number of nitrogens with zero attached hydrogens (tertiary/aromatic N) is 2. The Morgan fingerprint density at radius 3 is 2.67 bits per heavy atom. The number of benzene rings is 2. The van der Waals surface area contributed by atoms with Crippen molar-refractivity contribution in [3.8, 4) is 6.07 Å². The summed E-state index contributed by atoms with van der Waals surface area (Å²) in [6.45, 7) is 2.20. The van der Waals surface area contributed by atoms with Gasteiger partial charge in [0.05, 0.1) is 22.2 Å². The van der Waals surface area contributed by atoms with Crippen LogP contribution in [0.2, 0.25) is 0 Å². The summed E-state index contributed by atoms with van der Waals surface area (Å²) in [5.41, 5.74) is 2.97. The van der Waals surface area contributed by atoms with Gasteiger partial charge in [0, 0.05) is 6.54 Å². The summed E-state index contributed by atoms with van der Waals surface area (Å²) >= 11 is 0. The first-order valence-corrected chi connectivity index (χ1v) is 8.09. The number of hydrogen-bond acceptors (Lipinski definition) is 3. The fourth-order valence-electron chi connectivity index (χ4n) is 2.61. The third kappa shape index (κ3) is 2.18. The second-order valence-corrected chi connectivity index (χ2v) is 6.91. The van der Waals surface area contributed by atoms with Crippen LogP contribution in [-0.4, -0.2) is 15.0 Å². The molecule has 1 aliphatic heterocycles. The van der Waals surface area contributed by atoms with E-state index in [1.807, 2.05) is 24.3 Å². The molecule has 2 aromatic rings. The Morgan fingerprint density at radius 1 is 1.19 bits per heavy atom. The molecule has 0 saturated carbocycles. The summed E-state index contributed by atoms with van der Waals surface area (Å²) < 4.78 is 27.0. The Labute approximate surface area is 124 Å². The zero-order valence-electron chi connectivity index (χ0n) is 11.6. The summed E-state index contributed by atoms with van der Waals surface area (Å²) in [5, 5.41) is 8.94. The molecule has 0 aliphatic carbocycles. The maximum absolute atomic E-state index is 12.8. The minimum atomic E-state index is -3.58. The highest BCUT2D eigenvalue weighted by molar-refractivity contribution is 7.92. The summed E-state index contributed by atoms with van der Waals surface area (Å²) in [6, 6.07) is 14.2. The van der Waals surface area contributed by atoms with Gasteiger partial charge in [0.15, 0.2) is 0 Å². The Balaban J connectivity index is 2.07. The van der Waals surface area contributed by atoms with Crippen LogP contribution in [0.3, 0.4) is 0 Å². The Bertz CT molecular complexity index is 851. The number of nitriles is 1. The Hall–Kier alpha value is -2.32. The van der Waals surface area contributed by atoms with Gasteiger partial charge in [-0.3, -0.25) is 4.31 Å². The average Bonchev–Trinajstić information content (AvgIpc) is 2.91. The fraction of sp³-hybridized carbons (Fsp3) is 0.188. The molecule has 4 nitrogen and oxygen atoms in total. The predicted molar refractivity (Wildman–Crippen MR) is 80.6 cm³/mol. The molecule has 0 atom stereocenters. The molecule has 1 heterocycles. The van der Waals surface area contributed by atoms with Crippen LogP contribution in [-0.2, 0) is 16.4 Å². The highest BCUT2D eigenvalue weighted by Crippen LogP contribution is 2.32.